The standard InChI is InChI=1S/C8H12O2/c1-7(2)8(3)4-5(8)6(9)10-7/h5H,4H2,1-3H3. The van der Waals surface area contributed by atoms with Crippen LogP contribution in [0.1, 0.15) is 27.2 Å². The van der Waals surface area contributed by atoms with Gasteiger partial charge in [0.15, 0.2) is 0 Å². The second-order valence-corrected chi connectivity index (χ2v) is 4.11. The molecule has 2 atom stereocenters. The highest BCUT2D eigenvalue weighted by atomic mass is 16.6. The van der Waals surface area contributed by atoms with E-state index < -0.39 is 0 Å². The maximum absolute atomic E-state index is 11.0. The van der Waals surface area contributed by atoms with E-state index in [-0.39, 0.29) is 22.9 Å². The zero-order chi connectivity index (χ0) is 7.57. The lowest BCUT2D eigenvalue weighted by Crippen LogP contribution is -2.30. The van der Waals surface area contributed by atoms with Gasteiger partial charge in [0, 0.05) is 5.41 Å². The first kappa shape index (κ1) is 6.20. The van der Waals surface area contributed by atoms with E-state index in [1.54, 1.807) is 0 Å². The molecule has 0 aromatic carbocycles. The molecule has 0 aromatic heterocycles. The third-order valence-corrected chi connectivity index (χ3v) is 3.25. The quantitative estimate of drug-likeness (QED) is 0.475. The number of carbonyl (C=O) groups excluding carboxylic acids is 1. The van der Waals surface area contributed by atoms with Crippen molar-refractivity contribution < 1.29 is 9.53 Å². The van der Waals surface area contributed by atoms with Gasteiger partial charge in [-0.3, -0.25) is 4.79 Å². The van der Waals surface area contributed by atoms with Gasteiger partial charge in [-0.25, -0.2) is 0 Å². The molecule has 2 aliphatic rings. The third-order valence-electron chi connectivity index (χ3n) is 3.25. The van der Waals surface area contributed by atoms with Gasteiger partial charge in [-0.2, -0.15) is 0 Å². The average molecular weight is 140 g/mol. The molecule has 2 nitrogen and oxygen atoms in total. The highest BCUT2D eigenvalue weighted by Crippen LogP contribution is 2.65. The van der Waals surface area contributed by atoms with E-state index in [0.29, 0.717) is 0 Å². The third kappa shape index (κ3) is 0.446. The first-order chi connectivity index (χ1) is 4.47. The number of hydrogen-bond donors (Lipinski definition) is 0. The first-order valence-corrected chi connectivity index (χ1v) is 3.70. The SMILES string of the molecule is CC1(C)OC(=O)C2CC21C. The summed E-state index contributed by atoms with van der Waals surface area (Å²) in [4.78, 5) is 11.0. The number of hydrogen-bond acceptors (Lipinski definition) is 2. The van der Waals surface area contributed by atoms with Crippen molar-refractivity contribution in [2.75, 3.05) is 0 Å². The van der Waals surface area contributed by atoms with Gasteiger partial charge in [0.05, 0.1) is 5.92 Å². The molecule has 2 fully saturated rings. The molecule has 1 heterocycles. The second kappa shape index (κ2) is 1.25. The molecule has 2 heteroatoms. The summed E-state index contributed by atoms with van der Waals surface area (Å²) in [6.45, 7) is 6.12. The topological polar surface area (TPSA) is 26.3 Å². The average Bonchev–Trinajstić information content (AvgIpc) is 2.37. The number of rotatable bonds is 0. The minimum Gasteiger partial charge on any atom is -0.459 e. The van der Waals surface area contributed by atoms with Gasteiger partial charge in [0.1, 0.15) is 5.60 Å². The lowest BCUT2D eigenvalue weighted by atomic mass is 9.89. The molecular weight excluding hydrogens is 128 g/mol. The van der Waals surface area contributed by atoms with Crippen LogP contribution in [-0.2, 0) is 9.53 Å². The molecule has 1 aliphatic carbocycles. The van der Waals surface area contributed by atoms with Crippen LogP contribution in [-0.4, -0.2) is 11.6 Å². The molecule has 2 unspecified atom stereocenters. The van der Waals surface area contributed by atoms with E-state index in [2.05, 4.69) is 6.92 Å². The zero-order valence-corrected chi connectivity index (χ0v) is 6.60. The van der Waals surface area contributed by atoms with Crippen molar-refractivity contribution in [3.05, 3.63) is 0 Å². The van der Waals surface area contributed by atoms with Gasteiger partial charge in [-0.05, 0) is 20.3 Å². The van der Waals surface area contributed by atoms with Gasteiger partial charge in [0.2, 0.25) is 0 Å². The van der Waals surface area contributed by atoms with Gasteiger partial charge >= 0.3 is 5.97 Å². The predicted octanol–water partition coefficient (Wildman–Crippen LogP) is 1.35. The van der Waals surface area contributed by atoms with Crippen molar-refractivity contribution in [3.8, 4) is 0 Å². The Balaban J connectivity index is 2.37. The van der Waals surface area contributed by atoms with E-state index in [0.717, 1.165) is 6.42 Å². The van der Waals surface area contributed by atoms with Gasteiger partial charge < -0.3 is 4.74 Å². The monoisotopic (exact) mass is 140 g/mol. The fourth-order valence-electron chi connectivity index (χ4n) is 1.81. The summed E-state index contributed by atoms with van der Waals surface area (Å²) < 4.78 is 5.17. The first-order valence-electron chi connectivity index (χ1n) is 3.70. The second-order valence-electron chi connectivity index (χ2n) is 4.11. The van der Waals surface area contributed by atoms with E-state index in [4.69, 9.17) is 4.74 Å². The van der Waals surface area contributed by atoms with Crippen LogP contribution in [0.5, 0.6) is 0 Å². The normalized spacial score (nSPS) is 48.3. The van der Waals surface area contributed by atoms with Crippen LogP contribution in [0.2, 0.25) is 0 Å². The Labute approximate surface area is 60.6 Å². The maximum Gasteiger partial charge on any atom is 0.310 e. The molecule has 0 spiro atoms. The Morgan fingerprint density at radius 2 is 2.10 bits per heavy atom. The fraction of sp³-hybridized carbons (Fsp3) is 0.875. The van der Waals surface area contributed by atoms with Crippen LogP contribution in [0.3, 0.4) is 0 Å². The van der Waals surface area contributed by atoms with E-state index in [9.17, 15) is 4.79 Å². The van der Waals surface area contributed by atoms with Gasteiger partial charge in [-0.15, -0.1) is 0 Å². The zero-order valence-electron chi connectivity index (χ0n) is 6.60. The Bertz CT molecular complexity index is 205. The lowest BCUT2D eigenvalue weighted by molar-refractivity contribution is -0.152. The molecule has 56 valence electrons. The minimum atomic E-state index is -0.214. The molecule has 0 N–H and O–H groups in total. The van der Waals surface area contributed by atoms with Crippen molar-refractivity contribution in [1.82, 2.24) is 0 Å². The summed E-state index contributed by atoms with van der Waals surface area (Å²) in [5, 5.41) is 0. The maximum atomic E-state index is 11.0. The molecule has 0 bridgehead atoms. The van der Waals surface area contributed by atoms with Crippen molar-refractivity contribution in [2.45, 2.75) is 32.8 Å². The lowest BCUT2D eigenvalue weighted by Gasteiger charge is -2.25. The van der Waals surface area contributed by atoms with E-state index in [1.807, 2.05) is 13.8 Å². The number of cyclic esters (lactones) is 1. The molecule has 1 saturated carbocycles. The summed E-state index contributed by atoms with van der Waals surface area (Å²) in [6, 6.07) is 0. The van der Waals surface area contributed by atoms with Gasteiger partial charge in [-0.1, -0.05) is 6.92 Å². The molecule has 0 amide bonds. The molecule has 0 radical (unpaired) electrons. The molecular formula is C8H12O2. The van der Waals surface area contributed by atoms with Crippen molar-refractivity contribution in [2.24, 2.45) is 11.3 Å². The highest BCUT2D eigenvalue weighted by molar-refractivity contribution is 5.81. The number of carbonyl (C=O) groups is 1. The number of esters is 1. The molecule has 1 saturated heterocycles. The molecule has 2 rings (SSSR count). The Morgan fingerprint density at radius 3 is 2.20 bits per heavy atom. The van der Waals surface area contributed by atoms with Gasteiger partial charge in [0.25, 0.3) is 0 Å². The van der Waals surface area contributed by atoms with E-state index >= 15 is 0 Å². The van der Waals surface area contributed by atoms with Crippen LogP contribution < -0.4 is 0 Å². The number of ether oxygens (including phenoxy) is 1. The van der Waals surface area contributed by atoms with Crippen molar-refractivity contribution in [3.63, 3.8) is 0 Å². The predicted molar refractivity (Wildman–Crippen MR) is 36.4 cm³/mol. The van der Waals surface area contributed by atoms with Crippen LogP contribution in [0.25, 0.3) is 0 Å². The summed E-state index contributed by atoms with van der Waals surface area (Å²) >= 11 is 0. The van der Waals surface area contributed by atoms with Crippen LogP contribution in [0.4, 0.5) is 0 Å². The smallest absolute Gasteiger partial charge is 0.310 e. The Morgan fingerprint density at radius 1 is 1.50 bits per heavy atom. The summed E-state index contributed by atoms with van der Waals surface area (Å²) in [5.74, 6) is 0.218. The largest absolute Gasteiger partial charge is 0.459 e. The molecule has 1 aliphatic heterocycles. The van der Waals surface area contributed by atoms with Crippen molar-refractivity contribution >= 4 is 5.97 Å². The molecule has 0 aromatic rings. The Kier molecular flexibility index (Phi) is 0.773. The molecule has 10 heavy (non-hydrogen) atoms. The Hall–Kier alpha value is -0.530. The van der Waals surface area contributed by atoms with Crippen LogP contribution in [0, 0.1) is 11.3 Å². The van der Waals surface area contributed by atoms with Crippen molar-refractivity contribution in [1.29, 1.82) is 0 Å². The summed E-state index contributed by atoms with van der Waals surface area (Å²) in [6.07, 6.45) is 1.03. The van der Waals surface area contributed by atoms with Crippen LogP contribution >= 0.6 is 0 Å². The van der Waals surface area contributed by atoms with Crippen LogP contribution in [0.15, 0.2) is 0 Å². The summed E-state index contributed by atoms with van der Waals surface area (Å²) in [5.41, 5.74) is -0.0567. The summed E-state index contributed by atoms with van der Waals surface area (Å²) in [7, 11) is 0. The highest BCUT2D eigenvalue weighted by Gasteiger charge is 2.70. The number of fused-ring (bicyclic) bond motifs is 1. The van der Waals surface area contributed by atoms with E-state index in [1.165, 1.54) is 0 Å². The minimum absolute atomic E-state index is 0.00694. The fourth-order valence-corrected chi connectivity index (χ4v) is 1.81.